The quantitative estimate of drug-likeness (QED) is 0.695. The molecule has 11 heavy (non-hydrogen) atoms. The maximum Gasteiger partial charge on any atom is 0.169 e. The summed E-state index contributed by atoms with van der Waals surface area (Å²) in [4.78, 5) is 12.0. The van der Waals surface area contributed by atoms with Crippen LogP contribution in [0.25, 0.3) is 0 Å². The standard InChI is InChI=1S/C7H4BrNOS/c1-4(10)6-2-5(8)7(3-9)11-6/h2H,1H3. The molecule has 1 aromatic rings. The van der Waals surface area contributed by atoms with Gasteiger partial charge in [-0.25, -0.2) is 0 Å². The van der Waals surface area contributed by atoms with E-state index in [1.54, 1.807) is 6.07 Å². The van der Waals surface area contributed by atoms with Crippen LogP contribution in [0.5, 0.6) is 0 Å². The van der Waals surface area contributed by atoms with E-state index in [0.717, 1.165) is 0 Å². The van der Waals surface area contributed by atoms with E-state index in [2.05, 4.69) is 15.9 Å². The van der Waals surface area contributed by atoms with Gasteiger partial charge in [0.1, 0.15) is 10.9 Å². The Labute approximate surface area is 76.6 Å². The van der Waals surface area contributed by atoms with E-state index in [1.807, 2.05) is 6.07 Å². The molecule has 0 aliphatic carbocycles. The lowest BCUT2D eigenvalue weighted by Gasteiger charge is -1.80. The molecule has 4 heteroatoms. The van der Waals surface area contributed by atoms with Crippen molar-refractivity contribution in [2.75, 3.05) is 0 Å². The van der Waals surface area contributed by atoms with Gasteiger partial charge in [-0.1, -0.05) is 0 Å². The normalized spacial score (nSPS) is 9.18. The maximum atomic E-state index is 10.8. The summed E-state index contributed by atoms with van der Waals surface area (Å²) in [6, 6.07) is 3.66. The molecule has 1 aromatic heterocycles. The minimum atomic E-state index is -0.00259. The number of nitrogens with zero attached hydrogens (tertiary/aromatic N) is 1. The number of Topliss-reactive ketones (excluding diaryl/α,β-unsaturated/α-hetero) is 1. The zero-order valence-electron chi connectivity index (χ0n) is 5.72. The number of nitriles is 1. The van der Waals surface area contributed by atoms with Gasteiger partial charge in [-0.15, -0.1) is 11.3 Å². The van der Waals surface area contributed by atoms with Crippen molar-refractivity contribution in [2.24, 2.45) is 0 Å². The fourth-order valence-corrected chi connectivity index (χ4v) is 2.07. The number of carbonyl (C=O) groups is 1. The summed E-state index contributed by atoms with van der Waals surface area (Å²) in [5, 5.41) is 8.53. The highest BCUT2D eigenvalue weighted by Gasteiger charge is 2.08. The lowest BCUT2D eigenvalue weighted by molar-refractivity contribution is 0.102. The molecule has 0 aliphatic heterocycles. The third kappa shape index (κ3) is 1.67. The molecule has 56 valence electrons. The molecule has 0 atom stereocenters. The molecule has 0 spiro atoms. The third-order valence-electron chi connectivity index (χ3n) is 1.14. The zero-order chi connectivity index (χ0) is 8.43. The molecule has 2 nitrogen and oxygen atoms in total. The third-order valence-corrected chi connectivity index (χ3v) is 3.16. The van der Waals surface area contributed by atoms with Gasteiger partial charge in [0.25, 0.3) is 0 Å². The number of hydrogen-bond acceptors (Lipinski definition) is 3. The van der Waals surface area contributed by atoms with Gasteiger partial charge in [0.05, 0.1) is 4.88 Å². The Morgan fingerprint density at radius 1 is 1.82 bits per heavy atom. The van der Waals surface area contributed by atoms with Gasteiger partial charge in [-0.3, -0.25) is 4.79 Å². The van der Waals surface area contributed by atoms with E-state index >= 15 is 0 Å². The van der Waals surface area contributed by atoms with Crippen LogP contribution in [0.4, 0.5) is 0 Å². The molecule has 1 heterocycles. The SMILES string of the molecule is CC(=O)c1cc(Br)c(C#N)s1. The molecule has 0 aliphatic rings. The highest BCUT2D eigenvalue weighted by Crippen LogP contribution is 2.26. The first-order valence-corrected chi connectivity index (χ1v) is 4.46. The summed E-state index contributed by atoms with van der Waals surface area (Å²) in [5.41, 5.74) is 0. The lowest BCUT2D eigenvalue weighted by atomic mass is 10.3. The van der Waals surface area contributed by atoms with Crippen LogP contribution in [0, 0.1) is 11.3 Å². The van der Waals surface area contributed by atoms with Crippen molar-refractivity contribution in [2.45, 2.75) is 6.92 Å². The van der Waals surface area contributed by atoms with Gasteiger partial charge < -0.3 is 0 Å². The van der Waals surface area contributed by atoms with E-state index in [4.69, 9.17) is 5.26 Å². The minimum absolute atomic E-state index is 0.00259. The fraction of sp³-hybridized carbons (Fsp3) is 0.143. The van der Waals surface area contributed by atoms with Crippen LogP contribution in [0.2, 0.25) is 0 Å². The van der Waals surface area contributed by atoms with Crippen LogP contribution in [0.1, 0.15) is 21.5 Å². The molecule has 0 aromatic carbocycles. The second-order valence-electron chi connectivity index (χ2n) is 1.96. The zero-order valence-corrected chi connectivity index (χ0v) is 8.12. The van der Waals surface area contributed by atoms with E-state index in [-0.39, 0.29) is 5.78 Å². The Kier molecular flexibility index (Phi) is 2.42. The second-order valence-corrected chi connectivity index (χ2v) is 3.86. The van der Waals surface area contributed by atoms with Gasteiger partial charge in [-0.2, -0.15) is 5.26 Å². The molecule has 0 fully saturated rings. The average molecular weight is 230 g/mol. The van der Waals surface area contributed by atoms with E-state index in [1.165, 1.54) is 18.3 Å². The van der Waals surface area contributed by atoms with Crippen molar-refractivity contribution in [1.29, 1.82) is 5.26 Å². The van der Waals surface area contributed by atoms with Crippen molar-refractivity contribution in [3.8, 4) is 6.07 Å². The first-order chi connectivity index (χ1) is 5.15. The highest BCUT2D eigenvalue weighted by atomic mass is 79.9. The lowest BCUT2D eigenvalue weighted by Crippen LogP contribution is -1.83. The van der Waals surface area contributed by atoms with Crippen LogP contribution < -0.4 is 0 Å². The molecular formula is C7H4BrNOS. The summed E-state index contributed by atoms with van der Waals surface area (Å²) >= 11 is 4.39. The van der Waals surface area contributed by atoms with Crippen LogP contribution in [-0.2, 0) is 0 Å². The van der Waals surface area contributed by atoms with Crippen molar-refractivity contribution < 1.29 is 4.79 Å². The number of ketones is 1. The number of rotatable bonds is 1. The molecular weight excluding hydrogens is 226 g/mol. The Hall–Kier alpha value is -0.660. The van der Waals surface area contributed by atoms with Crippen molar-refractivity contribution in [1.82, 2.24) is 0 Å². The maximum absolute atomic E-state index is 10.8. The topological polar surface area (TPSA) is 40.9 Å². The van der Waals surface area contributed by atoms with E-state index in [0.29, 0.717) is 14.2 Å². The van der Waals surface area contributed by atoms with Gasteiger partial charge in [0, 0.05) is 4.47 Å². The molecule has 0 bridgehead atoms. The van der Waals surface area contributed by atoms with Gasteiger partial charge in [0.2, 0.25) is 0 Å². The molecule has 0 N–H and O–H groups in total. The number of halogens is 1. The van der Waals surface area contributed by atoms with Crippen molar-refractivity contribution in [3.05, 3.63) is 20.3 Å². The fourth-order valence-electron chi connectivity index (χ4n) is 0.619. The molecule has 0 saturated carbocycles. The highest BCUT2D eigenvalue weighted by molar-refractivity contribution is 9.10. The predicted molar refractivity (Wildman–Crippen MR) is 46.7 cm³/mol. The van der Waals surface area contributed by atoms with Crippen LogP contribution >= 0.6 is 27.3 Å². The summed E-state index contributed by atoms with van der Waals surface area (Å²) in [5.74, 6) is -0.00259. The monoisotopic (exact) mass is 229 g/mol. The molecule has 0 unspecified atom stereocenters. The summed E-state index contributed by atoms with van der Waals surface area (Å²) in [7, 11) is 0. The second kappa shape index (κ2) is 3.16. The first-order valence-electron chi connectivity index (χ1n) is 2.85. The van der Waals surface area contributed by atoms with Crippen molar-refractivity contribution in [3.63, 3.8) is 0 Å². The minimum Gasteiger partial charge on any atom is -0.294 e. The Balaban J connectivity index is 3.18. The smallest absolute Gasteiger partial charge is 0.169 e. The number of thiophene rings is 1. The molecule has 1 rings (SSSR count). The number of hydrogen-bond donors (Lipinski definition) is 0. The van der Waals surface area contributed by atoms with E-state index < -0.39 is 0 Å². The van der Waals surface area contributed by atoms with Crippen LogP contribution in [0.15, 0.2) is 10.5 Å². The van der Waals surface area contributed by atoms with Crippen LogP contribution in [0.3, 0.4) is 0 Å². The Morgan fingerprint density at radius 2 is 2.45 bits per heavy atom. The summed E-state index contributed by atoms with van der Waals surface area (Å²) in [6.45, 7) is 1.49. The average Bonchev–Trinajstić information content (AvgIpc) is 2.31. The first kappa shape index (κ1) is 8.44. The summed E-state index contributed by atoms with van der Waals surface area (Å²) in [6.07, 6.45) is 0. The largest absolute Gasteiger partial charge is 0.294 e. The van der Waals surface area contributed by atoms with Gasteiger partial charge >= 0.3 is 0 Å². The van der Waals surface area contributed by atoms with Crippen LogP contribution in [-0.4, -0.2) is 5.78 Å². The Bertz CT molecular complexity index is 337. The van der Waals surface area contributed by atoms with Gasteiger partial charge in [0.15, 0.2) is 5.78 Å². The summed E-state index contributed by atoms with van der Waals surface area (Å²) < 4.78 is 0.704. The van der Waals surface area contributed by atoms with Crippen molar-refractivity contribution >= 4 is 33.0 Å². The molecule has 0 saturated heterocycles. The Morgan fingerprint density at radius 3 is 2.73 bits per heavy atom. The molecule has 0 radical (unpaired) electrons. The van der Waals surface area contributed by atoms with E-state index in [9.17, 15) is 4.79 Å². The van der Waals surface area contributed by atoms with Gasteiger partial charge in [-0.05, 0) is 28.9 Å². The molecule has 0 amide bonds. The number of carbonyl (C=O) groups excluding carboxylic acids is 1. The predicted octanol–water partition coefficient (Wildman–Crippen LogP) is 2.58.